The fraction of sp³-hybridized carbons (Fsp3) is 0.600. The van der Waals surface area contributed by atoms with Crippen molar-refractivity contribution in [3.63, 3.8) is 0 Å². The highest BCUT2D eigenvalue weighted by Crippen LogP contribution is 2.26. The second-order valence-corrected chi connectivity index (χ2v) is 5.04. The molecule has 0 radical (unpaired) electrons. The first-order valence-electron chi connectivity index (χ1n) is 6.79. The van der Waals surface area contributed by atoms with E-state index in [1.807, 2.05) is 12.1 Å². The maximum atomic E-state index is 13.8. The van der Waals surface area contributed by atoms with Crippen molar-refractivity contribution < 1.29 is 4.39 Å². The molecule has 0 bridgehead atoms. The molecule has 2 rings (SSSR count). The van der Waals surface area contributed by atoms with Crippen molar-refractivity contribution in [2.75, 3.05) is 6.54 Å². The number of hydrogen-bond donors (Lipinski definition) is 1. The molecule has 0 aromatic heterocycles. The maximum Gasteiger partial charge on any atom is 0.126 e. The molecule has 1 aromatic rings. The summed E-state index contributed by atoms with van der Waals surface area (Å²) in [5.74, 6) is 0.281. The Morgan fingerprint density at radius 2 is 2.12 bits per heavy atom. The highest BCUT2D eigenvalue weighted by atomic mass is 19.1. The van der Waals surface area contributed by atoms with E-state index >= 15 is 0 Å². The van der Waals surface area contributed by atoms with Crippen molar-refractivity contribution >= 4 is 0 Å². The van der Waals surface area contributed by atoms with E-state index in [0.29, 0.717) is 12.0 Å². The summed E-state index contributed by atoms with van der Waals surface area (Å²) in [6.45, 7) is 3.11. The molecule has 0 aliphatic heterocycles. The number of benzene rings is 1. The lowest BCUT2D eigenvalue weighted by Crippen LogP contribution is -2.24. The number of rotatable bonds is 7. The van der Waals surface area contributed by atoms with Crippen LogP contribution in [0.25, 0.3) is 0 Å². The van der Waals surface area contributed by atoms with Crippen LogP contribution in [0, 0.1) is 5.82 Å². The summed E-state index contributed by atoms with van der Waals surface area (Å²) in [5, 5.41) is 3.52. The second kappa shape index (κ2) is 6.15. The third-order valence-electron chi connectivity index (χ3n) is 3.48. The van der Waals surface area contributed by atoms with Gasteiger partial charge in [-0.25, -0.2) is 4.39 Å². The molecule has 1 N–H and O–H groups in total. The van der Waals surface area contributed by atoms with E-state index in [9.17, 15) is 4.39 Å². The van der Waals surface area contributed by atoms with Crippen LogP contribution < -0.4 is 5.32 Å². The zero-order valence-electron chi connectivity index (χ0n) is 10.6. The smallest absolute Gasteiger partial charge is 0.126 e. The average molecular weight is 235 g/mol. The van der Waals surface area contributed by atoms with E-state index < -0.39 is 0 Å². The van der Waals surface area contributed by atoms with Gasteiger partial charge in [0.05, 0.1) is 0 Å². The van der Waals surface area contributed by atoms with Crippen LogP contribution in [0.1, 0.15) is 50.5 Å². The Kier molecular flexibility index (Phi) is 4.55. The maximum absolute atomic E-state index is 13.8. The van der Waals surface area contributed by atoms with E-state index in [1.165, 1.54) is 25.7 Å². The predicted octanol–water partition coefficient (Wildman–Crippen LogP) is 3.85. The molecule has 1 aliphatic carbocycles. The lowest BCUT2D eigenvalue weighted by atomic mass is 9.93. The topological polar surface area (TPSA) is 12.0 Å². The molecular formula is C15H22FN. The van der Waals surface area contributed by atoms with Gasteiger partial charge in [-0.1, -0.05) is 38.0 Å². The lowest BCUT2D eigenvalue weighted by molar-refractivity contribution is 0.500. The molecule has 0 spiro atoms. The first kappa shape index (κ1) is 12.6. The number of halogens is 1. The Morgan fingerprint density at radius 1 is 1.35 bits per heavy atom. The molecule has 1 nitrogen and oxygen atoms in total. The highest BCUT2D eigenvalue weighted by molar-refractivity contribution is 5.22. The molecule has 1 saturated carbocycles. The van der Waals surface area contributed by atoms with Gasteiger partial charge in [0.2, 0.25) is 0 Å². The molecule has 1 aromatic carbocycles. The van der Waals surface area contributed by atoms with Crippen LogP contribution in [-0.4, -0.2) is 12.6 Å². The van der Waals surface area contributed by atoms with Gasteiger partial charge in [0, 0.05) is 12.6 Å². The molecule has 1 atom stereocenters. The van der Waals surface area contributed by atoms with Gasteiger partial charge in [0.1, 0.15) is 5.82 Å². The molecule has 17 heavy (non-hydrogen) atoms. The molecule has 94 valence electrons. The number of unbranched alkanes of at least 4 members (excludes halogenated alkanes) is 1. The Hall–Kier alpha value is -0.890. The fourth-order valence-electron chi connectivity index (χ4n) is 2.22. The average Bonchev–Trinajstić information content (AvgIpc) is 3.15. The summed E-state index contributed by atoms with van der Waals surface area (Å²) in [6, 6.07) is 7.92. The first-order chi connectivity index (χ1) is 8.31. The van der Waals surface area contributed by atoms with Crippen LogP contribution in [0.2, 0.25) is 0 Å². The first-order valence-corrected chi connectivity index (χ1v) is 6.79. The number of nitrogens with one attached hydrogen (secondary N) is 1. The van der Waals surface area contributed by atoms with Crippen LogP contribution >= 0.6 is 0 Å². The third-order valence-corrected chi connectivity index (χ3v) is 3.48. The predicted molar refractivity (Wildman–Crippen MR) is 69.7 cm³/mol. The van der Waals surface area contributed by atoms with Gasteiger partial charge in [-0.2, -0.15) is 0 Å². The van der Waals surface area contributed by atoms with Crippen LogP contribution in [0.3, 0.4) is 0 Å². The SMILES string of the molecule is CCCCC(CNC1CC1)c1ccccc1F. The van der Waals surface area contributed by atoms with Gasteiger partial charge in [0.15, 0.2) is 0 Å². The van der Waals surface area contributed by atoms with Crippen LogP contribution in [0.4, 0.5) is 4.39 Å². The Bertz CT molecular complexity index is 347. The van der Waals surface area contributed by atoms with E-state index in [0.717, 1.165) is 18.5 Å². The zero-order valence-corrected chi connectivity index (χ0v) is 10.6. The van der Waals surface area contributed by atoms with E-state index in [1.54, 1.807) is 12.1 Å². The van der Waals surface area contributed by atoms with E-state index in [-0.39, 0.29) is 5.82 Å². The molecule has 1 fully saturated rings. The summed E-state index contributed by atoms with van der Waals surface area (Å²) < 4.78 is 13.8. The van der Waals surface area contributed by atoms with Crippen LogP contribution in [0.15, 0.2) is 24.3 Å². The highest BCUT2D eigenvalue weighted by Gasteiger charge is 2.23. The van der Waals surface area contributed by atoms with Crippen LogP contribution in [-0.2, 0) is 0 Å². The summed E-state index contributed by atoms with van der Waals surface area (Å²) in [6.07, 6.45) is 6.01. The van der Waals surface area contributed by atoms with Crippen molar-refractivity contribution in [3.8, 4) is 0 Å². The Morgan fingerprint density at radius 3 is 2.76 bits per heavy atom. The molecule has 0 saturated heterocycles. The lowest BCUT2D eigenvalue weighted by Gasteiger charge is -2.18. The number of hydrogen-bond acceptors (Lipinski definition) is 1. The minimum absolute atomic E-state index is 0.0498. The summed E-state index contributed by atoms with van der Waals surface area (Å²) in [4.78, 5) is 0. The minimum Gasteiger partial charge on any atom is -0.313 e. The summed E-state index contributed by atoms with van der Waals surface area (Å²) in [5.41, 5.74) is 0.883. The molecule has 1 unspecified atom stereocenters. The molecule has 2 heteroatoms. The molecule has 0 amide bonds. The summed E-state index contributed by atoms with van der Waals surface area (Å²) in [7, 11) is 0. The Balaban J connectivity index is 1.99. The van der Waals surface area contributed by atoms with Gasteiger partial charge in [0.25, 0.3) is 0 Å². The normalized spacial score (nSPS) is 17.1. The zero-order chi connectivity index (χ0) is 12.1. The van der Waals surface area contributed by atoms with Gasteiger partial charge in [-0.15, -0.1) is 0 Å². The monoisotopic (exact) mass is 235 g/mol. The van der Waals surface area contributed by atoms with Crippen molar-refractivity contribution in [2.24, 2.45) is 0 Å². The molecule has 1 aliphatic rings. The van der Waals surface area contributed by atoms with Gasteiger partial charge >= 0.3 is 0 Å². The quantitative estimate of drug-likeness (QED) is 0.757. The Labute approximate surface area is 103 Å². The molecule has 0 heterocycles. The van der Waals surface area contributed by atoms with Crippen LogP contribution in [0.5, 0.6) is 0 Å². The van der Waals surface area contributed by atoms with Crippen molar-refractivity contribution in [1.82, 2.24) is 5.32 Å². The van der Waals surface area contributed by atoms with Gasteiger partial charge in [-0.05, 0) is 36.8 Å². The largest absolute Gasteiger partial charge is 0.313 e. The fourth-order valence-corrected chi connectivity index (χ4v) is 2.22. The second-order valence-electron chi connectivity index (χ2n) is 5.04. The molecular weight excluding hydrogens is 213 g/mol. The van der Waals surface area contributed by atoms with Gasteiger partial charge in [-0.3, -0.25) is 0 Å². The third kappa shape index (κ3) is 3.81. The van der Waals surface area contributed by atoms with Crippen molar-refractivity contribution in [2.45, 2.75) is 51.0 Å². The van der Waals surface area contributed by atoms with Crippen molar-refractivity contribution in [1.29, 1.82) is 0 Å². The minimum atomic E-state index is -0.0498. The van der Waals surface area contributed by atoms with Crippen molar-refractivity contribution in [3.05, 3.63) is 35.6 Å². The van der Waals surface area contributed by atoms with E-state index in [2.05, 4.69) is 12.2 Å². The van der Waals surface area contributed by atoms with E-state index in [4.69, 9.17) is 0 Å². The van der Waals surface area contributed by atoms with Gasteiger partial charge < -0.3 is 5.32 Å². The standard InChI is InChI=1S/C15H22FN/c1-2-3-6-12(11-17-13-9-10-13)14-7-4-5-8-15(14)16/h4-5,7-8,12-13,17H,2-3,6,9-11H2,1H3. The summed E-state index contributed by atoms with van der Waals surface area (Å²) >= 11 is 0.